The van der Waals surface area contributed by atoms with Gasteiger partial charge in [0.05, 0.1) is 6.61 Å². The summed E-state index contributed by atoms with van der Waals surface area (Å²) >= 11 is 0. The number of ether oxygens (including phenoxy) is 4. The fourth-order valence-corrected chi connectivity index (χ4v) is 4.25. The summed E-state index contributed by atoms with van der Waals surface area (Å²) in [6.07, 6.45) is -1.16. The van der Waals surface area contributed by atoms with E-state index in [-0.39, 0.29) is 11.1 Å². The summed E-state index contributed by atoms with van der Waals surface area (Å²) in [4.78, 5) is 11.6. The first-order chi connectivity index (χ1) is 11.2. The highest BCUT2D eigenvalue weighted by molar-refractivity contribution is 6.74. The van der Waals surface area contributed by atoms with Crippen molar-refractivity contribution in [3.05, 3.63) is 0 Å². The molecule has 0 N–H and O–H groups in total. The van der Waals surface area contributed by atoms with Gasteiger partial charge >= 0.3 is 0 Å². The summed E-state index contributed by atoms with van der Waals surface area (Å²) in [7, 11) is -2.13. The van der Waals surface area contributed by atoms with E-state index >= 15 is 0 Å². The van der Waals surface area contributed by atoms with Gasteiger partial charge in [0.2, 0.25) is 0 Å². The molecule has 2 aliphatic heterocycles. The van der Waals surface area contributed by atoms with Crippen LogP contribution in [0.5, 0.6) is 0 Å². The van der Waals surface area contributed by atoms with Gasteiger partial charge in [-0.1, -0.05) is 20.8 Å². The van der Waals surface area contributed by atoms with Gasteiger partial charge in [-0.2, -0.15) is 0 Å². The molecule has 2 heterocycles. The topological polar surface area (TPSA) is 63.2 Å². The van der Waals surface area contributed by atoms with Crippen molar-refractivity contribution in [2.24, 2.45) is 0 Å². The third-order valence-electron chi connectivity index (χ3n) is 5.26. The van der Waals surface area contributed by atoms with E-state index < -0.39 is 38.2 Å². The van der Waals surface area contributed by atoms with Crippen LogP contribution in [0.4, 0.5) is 0 Å². The van der Waals surface area contributed by atoms with Crippen molar-refractivity contribution in [2.45, 2.75) is 103 Å². The molecule has 2 rings (SSSR count). The molecule has 0 aliphatic carbocycles. The Morgan fingerprint density at radius 3 is 2.12 bits per heavy atom. The zero-order valence-corrected chi connectivity index (χ0v) is 18.0. The zero-order chi connectivity index (χ0) is 19.3. The molecule has 0 saturated carbocycles. The average Bonchev–Trinajstić information content (AvgIpc) is 2.93. The first-order valence-electron chi connectivity index (χ1n) is 8.98. The summed E-state index contributed by atoms with van der Waals surface area (Å²) in [6, 6.07) is 0. The van der Waals surface area contributed by atoms with Crippen LogP contribution < -0.4 is 0 Å². The zero-order valence-electron chi connectivity index (χ0n) is 17.0. The van der Waals surface area contributed by atoms with E-state index in [1.54, 1.807) is 0 Å². The van der Waals surface area contributed by atoms with Crippen LogP contribution in [-0.2, 0) is 28.2 Å². The minimum Gasteiger partial charge on any atom is -0.408 e. The third-order valence-corrected chi connectivity index (χ3v) is 9.73. The number of carbonyl (C=O) groups excluding carboxylic acids is 1. The lowest BCUT2D eigenvalue weighted by Gasteiger charge is -2.42. The molecule has 4 atom stereocenters. The fraction of sp³-hybridized carbons (Fsp3) is 0.944. The molecular formula is C18H34O6Si. The smallest absolute Gasteiger partial charge is 0.192 e. The van der Waals surface area contributed by atoms with E-state index in [4.69, 9.17) is 23.4 Å². The second kappa shape index (κ2) is 6.69. The maximum atomic E-state index is 11.6. The van der Waals surface area contributed by atoms with Crippen LogP contribution in [0.1, 0.15) is 48.5 Å². The Morgan fingerprint density at radius 2 is 1.68 bits per heavy atom. The molecule has 0 aromatic heterocycles. The van der Waals surface area contributed by atoms with E-state index in [2.05, 4.69) is 33.9 Å². The lowest BCUT2D eigenvalue weighted by Crippen LogP contribution is -2.54. The molecule has 2 saturated heterocycles. The lowest BCUT2D eigenvalue weighted by atomic mass is 10.0. The molecule has 0 aromatic carbocycles. The van der Waals surface area contributed by atoms with Gasteiger partial charge in [0.1, 0.15) is 24.4 Å². The van der Waals surface area contributed by atoms with Gasteiger partial charge < -0.3 is 28.2 Å². The molecule has 25 heavy (non-hydrogen) atoms. The van der Waals surface area contributed by atoms with Gasteiger partial charge in [0.15, 0.2) is 26.2 Å². The van der Waals surface area contributed by atoms with Crippen LogP contribution in [0.3, 0.4) is 0 Å². The normalized spacial score (nSPS) is 33.4. The Morgan fingerprint density at radius 1 is 1.08 bits per heavy atom. The summed E-state index contributed by atoms with van der Waals surface area (Å²) < 4.78 is 30.3. The third kappa shape index (κ3) is 4.70. The summed E-state index contributed by atoms with van der Waals surface area (Å²) in [5, 5.41) is 0.0197. The Bertz CT molecular complexity index is 496. The van der Waals surface area contributed by atoms with Gasteiger partial charge in [-0.15, -0.1) is 0 Å². The number of hydrogen-bond acceptors (Lipinski definition) is 6. The summed E-state index contributed by atoms with van der Waals surface area (Å²) in [6.45, 7) is 18.7. The van der Waals surface area contributed by atoms with Crippen LogP contribution in [0.25, 0.3) is 0 Å². The molecule has 2 fully saturated rings. The van der Waals surface area contributed by atoms with E-state index in [9.17, 15) is 4.79 Å². The van der Waals surface area contributed by atoms with Gasteiger partial charge in [-0.25, -0.2) is 0 Å². The number of hydrogen-bond donors (Lipinski definition) is 0. The predicted molar refractivity (Wildman–Crippen MR) is 96.9 cm³/mol. The largest absolute Gasteiger partial charge is 0.408 e. The molecule has 0 radical (unpaired) electrons. The molecule has 7 heteroatoms. The quantitative estimate of drug-likeness (QED) is 0.544. The highest BCUT2D eigenvalue weighted by Gasteiger charge is 2.53. The van der Waals surface area contributed by atoms with E-state index in [1.165, 1.54) is 0 Å². The number of rotatable bonds is 5. The fourth-order valence-electron chi connectivity index (χ4n) is 2.93. The predicted octanol–water partition coefficient (Wildman–Crippen LogP) is 3.25. The van der Waals surface area contributed by atoms with Crippen molar-refractivity contribution in [2.75, 3.05) is 6.61 Å². The first kappa shape index (κ1) is 21.0. The Hall–Kier alpha value is -0.313. The minimum atomic E-state index is -2.13. The van der Waals surface area contributed by atoms with Crippen LogP contribution >= 0.6 is 0 Å². The van der Waals surface area contributed by atoms with E-state index in [0.717, 1.165) is 6.29 Å². The minimum absolute atomic E-state index is 0.0197. The Kier molecular flexibility index (Phi) is 5.62. The maximum absolute atomic E-state index is 11.6. The SMILES string of the molecule is CC1(C)O[C@@H]([C@@H](O[Si](C)(C)C(C)(C)C)[C@H]2COC(C)(C)O2)[C@H](C=O)O1. The number of aldehydes is 1. The highest BCUT2D eigenvalue weighted by atomic mass is 28.4. The molecule has 0 spiro atoms. The van der Waals surface area contributed by atoms with Crippen LogP contribution in [-0.4, -0.2) is 57.2 Å². The van der Waals surface area contributed by atoms with Crippen LogP contribution in [0.2, 0.25) is 18.1 Å². The second-order valence-electron chi connectivity index (χ2n) is 9.41. The molecule has 6 nitrogen and oxygen atoms in total. The highest BCUT2D eigenvalue weighted by Crippen LogP contribution is 2.41. The molecule has 0 bridgehead atoms. The monoisotopic (exact) mass is 374 g/mol. The van der Waals surface area contributed by atoms with E-state index in [1.807, 2.05) is 27.7 Å². The van der Waals surface area contributed by atoms with Crippen molar-refractivity contribution >= 4 is 14.6 Å². The van der Waals surface area contributed by atoms with Gasteiger partial charge in [-0.3, -0.25) is 0 Å². The van der Waals surface area contributed by atoms with Crippen molar-refractivity contribution in [3.8, 4) is 0 Å². The molecular weight excluding hydrogens is 340 g/mol. The van der Waals surface area contributed by atoms with Gasteiger partial charge in [0.25, 0.3) is 0 Å². The summed E-state index contributed by atoms with van der Waals surface area (Å²) in [5.41, 5.74) is 0. The molecule has 0 unspecified atom stereocenters. The molecule has 0 amide bonds. The average molecular weight is 375 g/mol. The Labute approximate surface area is 152 Å². The first-order valence-corrected chi connectivity index (χ1v) is 11.9. The van der Waals surface area contributed by atoms with Crippen LogP contribution in [0, 0.1) is 0 Å². The molecule has 2 aliphatic rings. The van der Waals surface area contributed by atoms with Crippen LogP contribution in [0.15, 0.2) is 0 Å². The van der Waals surface area contributed by atoms with Gasteiger partial charge in [0, 0.05) is 0 Å². The van der Waals surface area contributed by atoms with E-state index in [0.29, 0.717) is 6.61 Å². The van der Waals surface area contributed by atoms with Crippen molar-refractivity contribution < 1.29 is 28.2 Å². The van der Waals surface area contributed by atoms with Gasteiger partial charge in [-0.05, 0) is 45.8 Å². The lowest BCUT2D eigenvalue weighted by molar-refractivity contribution is -0.176. The second-order valence-corrected chi connectivity index (χ2v) is 14.2. The van der Waals surface area contributed by atoms with Crippen molar-refractivity contribution in [1.29, 1.82) is 0 Å². The maximum Gasteiger partial charge on any atom is 0.192 e. The van der Waals surface area contributed by atoms with Crippen molar-refractivity contribution in [3.63, 3.8) is 0 Å². The molecule has 146 valence electrons. The van der Waals surface area contributed by atoms with Crippen molar-refractivity contribution in [1.82, 2.24) is 0 Å². The standard InChI is InChI=1S/C18H34O6Si/c1-16(2,3)25(8,9)24-15(13-11-20-17(4,5)22-13)14-12(10-19)21-18(6,7)23-14/h10,12-15H,11H2,1-9H3/t12-,13+,14+,15-/m0/s1. The molecule has 0 aromatic rings. The number of carbonyl (C=O) groups is 1. The Balaban J connectivity index is 2.31. The summed E-state index contributed by atoms with van der Waals surface area (Å²) in [5.74, 6) is -1.51.